The minimum Gasteiger partial charge on any atom is -0.389 e. The van der Waals surface area contributed by atoms with Crippen molar-refractivity contribution in [3.8, 4) is 0 Å². The molecule has 3 rings (SSSR count). The molecule has 0 aliphatic heterocycles. The molecule has 0 amide bonds. The highest BCUT2D eigenvalue weighted by Crippen LogP contribution is 2.41. The number of rotatable bonds is 8. The van der Waals surface area contributed by atoms with Crippen LogP contribution in [0.25, 0.3) is 0 Å². The molecule has 114 valence electrons. The predicted molar refractivity (Wildman–Crippen MR) is 87.3 cm³/mol. The van der Waals surface area contributed by atoms with E-state index in [0.717, 1.165) is 30.9 Å². The van der Waals surface area contributed by atoms with Crippen LogP contribution in [0.15, 0.2) is 36.4 Å². The highest BCUT2D eigenvalue weighted by molar-refractivity contribution is 5.28. The highest BCUT2D eigenvalue weighted by Gasteiger charge is 2.43. The maximum atomic E-state index is 10.2. The summed E-state index contributed by atoms with van der Waals surface area (Å²) >= 11 is 0. The van der Waals surface area contributed by atoms with Crippen molar-refractivity contribution in [2.24, 2.45) is 0 Å². The molecule has 2 aliphatic rings. The summed E-state index contributed by atoms with van der Waals surface area (Å²) in [4.78, 5) is 0. The van der Waals surface area contributed by atoms with Crippen molar-refractivity contribution < 1.29 is 5.11 Å². The largest absolute Gasteiger partial charge is 0.389 e. The van der Waals surface area contributed by atoms with Crippen molar-refractivity contribution in [3.63, 3.8) is 0 Å². The van der Waals surface area contributed by atoms with Crippen molar-refractivity contribution in [2.45, 2.75) is 69.6 Å². The molecule has 0 heterocycles. The third-order valence-corrected chi connectivity index (χ3v) is 5.06. The van der Waals surface area contributed by atoms with Gasteiger partial charge in [-0.3, -0.25) is 0 Å². The molecule has 1 aromatic carbocycles. The van der Waals surface area contributed by atoms with Gasteiger partial charge in [0, 0.05) is 12.1 Å². The number of hydrogen-bond donors (Lipinski definition) is 2. The van der Waals surface area contributed by atoms with Crippen molar-refractivity contribution in [1.82, 2.24) is 5.32 Å². The first-order valence-electron chi connectivity index (χ1n) is 8.31. The second-order valence-electron chi connectivity index (χ2n) is 6.88. The van der Waals surface area contributed by atoms with E-state index in [4.69, 9.17) is 0 Å². The van der Waals surface area contributed by atoms with Crippen LogP contribution in [0.1, 0.15) is 62.5 Å². The highest BCUT2D eigenvalue weighted by atomic mass is 16.3. The molecule has 1 unspecified atom stereocenters. The first-order chi connectivity index (χ1) is 10.1. The summed E-state index contributed by atoms with van der Waals surface area (Å²) in [6.07, 6.45) is 6.37. The lowest BCUT2D eigenvalue weighted by atomic mass is 9.99. The van der Waals surface area contributed by atoms with E-state index in [9.17, 15) is 5.11 Å². The summed E-state index contributed by atoms with van der Waals surface area (Å²) in [5.41, 5.74) is 3.94. The summed E-state index contributed by atoms with van der Waals surface area (Å²) in [6, 6.07) is 9.06. The summed E-state index contributed by atoms with van der Waals surface area (Å²) in [5.74, 6) is 0.831. The monoisotopic (exact) mass is 285 g/mol. The number of nitrogens with one attached hydrogen (secondary N) is 1. The van der Waals surface area contributed by atoms with E-state index in [1.165, 1.54) is 36.8 Å². The normalized spacial score (nSPS) is 21.0. The van der Waals surface area contributed by atoms with E-state index in [-0.39, 0.29) is 11.6 Å². The second-order valence-corrected chi connectivity index (χ2v) is 6.88. The zero-order chi connectivity index (χ0) is 14.9. The van der Waals surface area contributed by atoms with E-state index in [1.54, 1.807) is 0 Å². The topological polar surface area (TPSA) is 32.3 Å². The van der Waals surface area contributed by atoms with Gasteiger partial charge in [0.1, 0.15) is 0 Å². The van der Waals surface area contributed by atoms with E-state index in [2.05, 4.69) is 43.1 Å². The van der Waals surface area contributed by atoms with Crippen molar-refractivity contribution >= 4 is 0 Å². The Morgan fingerprint density at radius 3 is 2.52 bits per heavy atom. The molecule has 0 bridgehead atoms. The average Bonchev–Trinajstić information content (AvgIpc) is 3.40. The number of hydrogen-bond acceptors (Lipinski definition) is 2. The SMILES string of the molecule is C=C(CC)C(O)CC1(NCc2ccc(C3CC3)cc2)CC1. The maximum absolute atomic E-state index is 10.2. The number of aliphatic hydroxyl groups excluding tert-OH is 1. The lowest BCUT2D eigenvalue weighted by Crippen LogP contribution is -2.34. The van der Waals surface area contributed by atoms with Crippen LogP contribution in [-0.2, 0) is 6.54 Å². The Morgan fingerprint density at radius 2 is 2.00 bits per heavy atom. The van der Waals surface area contributed by atoms with Crippen LogP contribution in [0.2, 0.25) is 0 Å². The first kappa shape index (κ1) is 14.8. The van der Waals surface area contributed by atoms with Crippen LogP contribution >= 0.6 is 0 Å². The minimum absolute atomic E-state index is 0.146. The lowest BCUT2D eigenvalue weighted by molar-refractivity contribution is 0.174. The molecule has 2 aliphatic carbocycles. The molecule has 2 fully saturated rings. The zero-order valence-electron chi connectivity index (χ0n) is 13.1. The molecule has 0 saturated heterocycles. The Labute approximate surface area is 128 Å². The quantitative estimate of drug-likeness (QED) is 0.710. The van der Waals surface area contributed by atoms with Gasteiger partial charge in [0.2, 0.25) is 0 Å². The van der Waals surface area contributed by atoms with E-state index >= 15 is 0 Å². The molecule has 0 spiro atoms. The molecular formula is C19H27NO. The van der Waals surface area contributed by atoms with Crippen molar-refractivity contribution in [1.29, 1.82) is 0 Å². The smallest absolute Gasteiger partial charge is 0.0765 e. The fourth-order valence-electron chi connectivity index (χ4n) is 2.97. The van der Waals surface area contributed by atoms with Crippen molar-refractivity contribution in [2.75, 3.05) is 0 Å². The Kier molecular flexibility index (Phi) is 4.19. The van der Waals surface area contributed by atoms with Gasteiger partial charge in [-0.15, -0.1) is 0 Å². The van der Waals surface area contributed by atoms with Gasteiger partial charge in [-0.25, -0.2) is 0 Å². The van der Waals surface area contributed by atoms with Crippen molar-refractivity contribution in [3.05, 3.63) is 47.5 Å². The van der Waals surface area contributed by atoms with Gasteiger partial charge in [-0.05, 0) is 61.1 Å². The minimum atomic E-state index is -0.359. The molecule has 2 heteroatoms. The Bertz CT molecular complexity index is 497. The molecule has 2 saturated carbocycles. The summed E-state index contributed by atoms with van der Waals surface area (Å²) in [5, 5.41) is 13.8. The summed E-state index contributed by atoms with van der Waals surface area (Å²) in [6.45, 7) is 6.91. The molecule has 1 atom stereocenters. The summed E-state index contributed by atoms with van der Waals surface area (Å²) in [7, 11) is 0. The van der Waals surface area contributed by atoms with Gasteiger partial charge >= 0.3 is 0 Å². The standard InChI is InChI=1S/C19H27NO/c1-3-14(2)18(21)12-19(10-11-19)20-13-15-4-6-16(7-5-15)17-8-9-17/h4-7,17-18,20-21H,2-3,8-13H2,1H3. The van der Waals surface area contributed by atoms with Crippen LogP contribution in [0.4, 0.5) is 0 Å². The zero-order valence-corrected chi connectivity index (χ0v) is 13.1. The van der Waals surface area contributed by atoms with Gasteiger partial charge in [-0.1, -0.05) is 37.8 Å². The van der Waals surface area contributed by atoms with Gasteiger partial charge in [-0.2, -0.15) is 0 Å². The molecule has 2 nitrogen and oxygen atoms in total. The van der Waals surface area contributed by atoms with Gasteiger partial charge in [0.05, 0.1) is 6.10 Å². The van der Waals surface area contributed by atoms with E-state index < -0.39 is 0 Å². The molecule has 1 aromatic rings. The number of aliphatic hydroxyl groups is 1. The van der Waals surface area contributed by atoms with E-state index in [1.807, 2.05) is 0 Å². The number of benzene rings is 1. The Balaban J connectivity index is 1.50. The third-order valence-electron chi connectivity index (χ3n) is 5.06. The van der Waals surface area contributed by atoms with Crippen LogP contribution in [0.5, 0.6) is 0 Å². The molecular weight excluding hydrogens is 258 g/mol. The average molecular weight is 285 g/mol. The fraction of sp³-hybridized carbons (Fsp3) is 0.579. The summed E-state index contributed by atoms with van der Waals surface area (Å²) < 4.78 is 0. The maximum Gasteiger partial charge on any atom is 0.0765 e. The van der Waals surface area contributed by atoms with Gasteiger partial charge in [0.25, 0.3) is 0 Å². The lowest BCUT2D eigenvalue weighted by Gasteiger charge is -2.22. The molecule has 2 N–H and O–H groups in total. The molecule has 0 radical (unpaired) electrons. The Hall–Kier alpha value is -1.12. The Morgan fingerprint density at radius 1 is 1.33 bits per heavy atom. The van der Waals surface area contributed by atoms with Crippen LogP contribution in [0.3, 0.4) is 0 Å². The predicted octanol–water partition coefficient (Wildman–Crippen LogP) is 3.90. The second kappa shape index (κ2) is 5.94. The molecule has 21 heavy (non-hydrogen) atoms. The van der Waals surface area contributed by atoms with Crippen LogP contribution in [-0.4, -0.2) is 16.7 Å². The van der Waals surface area contributed by atoms with Crippen LogP contribution < -0.4 is 5.32 Å². The van der Waals surface area contributed by atoms with Gasteiger partial charge in [0.15, 0.2) is 0 Å². The fourth-order valence-corrected chi connectivity index (χ4v) is 2.97. The van der Waals surface area contributed by atoms with Gasteiger partial charge < -0.3 is 10.4 Å². The van der Waals surface area contributed by atoms with Crippen LogP contribution in [0, 0.1) is 0 Å². The third kappa shape index (κ3) is 3.75. The first-order valence-corrected chi connectivity index (χ1v) is 8.31. The molecule has 0 aromatic heterocycles. The van der Waals surface area contributed by atoms with E-state index in [0.29, 0.717) is 0 Å².